The van der Waals surface area contributed by atoms with Crippen molar-refractivity contribution in [2.45, 2.75) is 5.40 Å². The van der Waals surface area contributed by atoms with E-state index >= 15 is 0 Å². The Bertz CT molecular complexity index is 2790. The Morgan fingerprint density at radius 3 is 1.39 bits per heavy atom. The van der Waals surface area contributed by atoms with Gasteiger partial charge in [0.15, 0.2) is 33.2 Å². The van der Waals surface area contributed by atoms with Gasteiger partial charge in [0.2, 0.25) is 0 Å². The Morgan fingerprint density at radius 1 is 0.339 bits per heavy atom. The maximum Gasteiger partial charge on any atom is 0.164 e. The molecule has 0 spiro atoms. The van der Waals surface area contributed by atoms with E-state index in [-0.39, 0.29) is 0 Å². The van der Waals surface area contributed by atoms with Gasteiger partial charge in [-0.2, -0.15) is 0 Å². The van der Waals surface area contributed by atoms with Crippen LogP contribution in [0.25, 0.3) is 89.4 Å². The van der Waals surface area contributed by atoms with E-state index in [4.69, 9.17) is 19.7 Å². The van der Waals surface area contributed by atoms with Crippen LogP contribution in [0.3, 0.4) is 0 Å². The highest BCUT2D eigenvalue weighted by Gasteiger charge is 2.33. The van der Waals surface area contributed by atoms with Crippen LogP contribution >= 0.6 is 0 Å². The summed E-state index contributed by atoms with van der Waals surface area (Å²) in [4.78, 5) is 15.5. The van der Waals surface area contributed by atoms with E-state index in [9.17, 15) is 0 Å². The van der Waals surface area contributed by atoms with Crippen molar-refractivity contribution in [2.24, 2.45) is 0 Å². The first-order valence-electron chi connectivity index (χ1n) is 19.0. The van der Waals surface area contributed by atoms with Gasteiger partial charge in [-0.1, -0.05) is 176 Å². The number of rotatable bonds is 6. The lowest BCUT2D eigenvalue weighted by Gasteiger charge is -2.36. The second kappa shape index (κ2) is 13.7. The fraction of sp³-hybridized carbons (Fsp3) is 0.0200. The number of fused-ring (bicyclic) bond motifs is 4. The molecule has 0 saturated heterocycles. The summed E-state index contributed by atoms with van der Waals surface area (Å²) in [6.45, 7) is 0. The largest absolute Gasteiger partial charge is 0.500 e. The number of aromatic nitrogens is 3. The van der Waals surface area contributed by atoms with Crippen LogP contribution < -0.4 is 4.74 Å². The van der Waals surface area contributed by atoms with Crippen LogP contribution in [0.1, 0.15) is 5.56 Å². The van der Waals surface area contributed by atoms with E-state index in [2.05, 4.69) is 192 Å². The number of ether oxygens (including phenoxy) is 1. The van der Waals surface area contributed by atoms with Crippen molar-refractivity contribution < 1.29 is 4.74 Å². The first kappa shape index (κ1) is 33.5. The summed E-state index contributed by atoms with van der Waals surface area (Å²) in [5, 5.41) is 1.74. The number of benzene rings is 8. The monoisotopic (exact) mass is 715 g/mol. The summed E-state index contributed by atoms with van der Waals surface area (Å²) >= 11 is 0. The highest BCUT2D eigenvalue weighted by atomic mass is 16.5. The van der Waals surface area contributed by atoms with E-state index < -0.39 is 5.40 Å². The smallest absolute Gasteiger partial charge is 0.164 e. The maximum atomic E-state index is 6.66. The Balaban J connectivity index is 1.13. The minimum atomic E-state index is -0.439. The third-order valence-electron chi connectivity index (χ3n) is 10.8. The van der Waals surface area contributed by atoms with Gasteiger partial charge in [0.05, 0.1) is 5.40 Å². The fourth-order valence-electron chi connectivity index (χ4n) is 8.04. The molecule has 262 valence electrons. The van der Waals surface area contributed by atoms with Crippen molar-refractivity contribution in [3.05, 3.63) is 194 Å². The lowest BCUT2D eigenvalue weighted by Crippen LogP contribution is -2.37. The normalized spacial score (nSPS) is 12.7. The molecule has 1 aliphatic heterocycles. The molecule has 0 amide bonds. The number of hydrogen-bond acceptors (Lipinski definition) is 4. The SMILES string of the molecule is BC1(B)Oc2cccc(-c3ccc(-c4nc(-c5ccc(-c6ccccc6)cc5)nc(-c5ccc(-c6ccccc6)cc5)n4)c4ccccc34)c2-c2ccccc21. The van der Waals surface area contributed by atoms with Crippen LogP contribution in [-0.2, 0) is 5.40 Å². The molecule has 0 N–H and O–H groups in total. The summed E-state index contributed by atoms with van der Waals surface area (Å²) in [5.74, 6) is 2.76. The van der Waals surface area contributed by atoms with Gasteiger partial charge in [0.25, 0.3) is 0 Å². The first-order chi connectivity index (χ1) is 27.5. The molecule has 8 aromatic carbocycles. The average Bonchev–Trinajstić information content (AvgIpc) is 3.26. The highest BCUT2D eigenvalue weighted by molar-refractivity contribution is 6.40. The zero-order chi connectivity index (χ0) is 37.6. The molecule has 1 aromatic heterocycles. The summed E-state index contributed by atoms with van der Waals surface area (Å²) in [7, 11) is 4.27. The molecule has 0 unspecified atom stereocenters. The molecule has 9 aromatic rings. The fourth-order valence-corrected chi connectivity index (χ4v) is 8.04. The average molecular weight is 715 g/mol. The molecule has 0 aliphatic carbocycles. The minimum absolute atomic E-state index is 0.439. The number of hydrogen-bond donors (Lipinski definition) is 0. The lowest BCUT2D eigenvalue weighted by molar-refractivity contribution is 0.241. The van der Waals surface area contributed by atoms with Gasteiger partial charge in [0.1, 0.15) is 5.75 Å². The third kappa shape index (κ3) is 5.96. The van der Waals surface area contributed by atoms with E-state index in [0.717, 1.165) is 61.0 Å². The highest BCUT2D eigenvalue weighted by Crippen LogP contribution is 2.49. The third-order valence-corrected chi connectivity index (χ3v) is 10.8. The Hall–Kier alpha value is -7.04. The molecule has 6 heteroatoms. The van der Waals surface area contributed by atoms with E-state index in [1.807, 2.05) is 12.1 Å². The lowest BCUT2D eigenvalue weighted by atomic mass is 9.58. The van der Waals surface area contributed by atoms with Crippen LogP contribution in [0.4, 0.5) is 0 Å². The van der Waals surface area contributed by atoms with E-state index in [0.29, 0.717) is 17.5 Å². The zero-order valence-corrected chi connectivity index (χ0v) is 31.1. The second-order valence-corrected chi connectivity index (χ2v) is 14.7. The van der Waals surface area contributed by atoms with Crippen molar-refractivity contribution in [3.8, 4) is 84.4 Å². The molecule has 4 nitrogen and oxygen atoms in total. The van der Waals surface area contributed by atoms with Crippen molar-refractivity contribution in [1.82, 2.24) is 15.0 Å². The quantitative estimate of drug-likeness (QED) is 0.161. The molecule has 1 aliphatic rings. The van der Waals surface area contributed by atoms with Gasteiger partial charge in [-0.3, -0.25) is 0 Å². The van der Waals surface area contributed by atoms with Gasteiger partial charge in [-0.25, -0.2) is 15.0 Å². The molecular formula is C50H35B2N3O. The van der Waals surface area contributed by atoms with Gasteiger partial charge < -0.3 is 4.74 Å². The van der Waals surface area contributed by atoms with Gasteiger partial charge in [0, 0.05) is 22.3 Å². The van der Waals surface area contributed by atoms with Crippen molar-refractivity contribution in [2.75, 3.05) is 0 Å². The van der Waals surface area contributed by atoms with Gasteiger partial charge >= 0.3 is 0 Å². The van der Waals surface area contributed by atoms with Crippen molar-refractivity contribution in [3.63, 3.8) is 0 Å². The van der Waals surface area contributed by atoms with Crippen molar-refractivity contribution >= 4 is 26.5 Å². The molecular weight excluding hydrogens is 680 g/mol. The topological polar surface area (TPSA) is 47.9 Å². The Labute approximate surface area is 328 Å². The molecule has 0 bridgehead atoms. The van der Waals surface area contributed by atoms with Crippen LogP contribution in [0.15, 0.2) is 188 Å². The van der Waals surface area contributed by atoms with Crippen LogP contribution in [0.5, 0.6) is 5.75 Å². The van der Waals surface area contributed by atoms with E-state index in [1.165, 1.54) is 22.3 Å². The predicted octanol–water partition coefficient (Wildman–Crippen LogP) is 10.5. The number of nitrogens with zero attached hydrogens (tertiary/aromatic N) is 3. The van der Waals surface area contributed by atoms with Gasteiger partial charge in [-0.15, -0.1) is 0 Å². The second-order valence-electron chi connectivity index (χ2n) is 14.7. The molecule has 2 heterocycles. The van der Waals surface area contributed by atoms with Crippen LogP contribution in [0.2, 0.25) is 0 Å². The Kier molecular flexibility index (Phi) is 8.18. The molecule has 56 heavy (non-hydrogen) atoms. The van der Waals surface area contributed by atoms with E-state index in [1.54, 1.807) is 0 Å². The zero-order valence-electron chi connectivity index (χ0n) is 31.1. The summed E-state index contributed by atoms with van der Waals surface area (Å²) in [6.07, 6.45) is 0. The molecule has 10 rings (SSSR count). The first-order valence-corrected chi connectivity index (χ1v) is 19.0. The maximum absolute atomic E-state index is 6.66. The van der Waals surface area contributed by atoms with Crippen molar-refractivity contribution in [1.29, 1.82) is 0 Å². The summed E-state index contributed by atoms with van der Waals surface area (Å²) < 4.78 is 6.66. The Morgan fingerprint density at radius 2 is 0.786 bits per heavy atom. The standard InChI is InChI=1S/C50H35B2N3O/c51-50(52)44-20-10-9-18-43(44)46-41(19-11-21-45(46)56-50)40-30-31-42(39-17-8-7-16-38(39)40)49-54-47(36-26-22-34(23-27-36)32-12-3-1-4-13-32)53-48(55-49)37-28-24-35(25-29-37)33-14-5-2-6-15-33/h1-31H,51-52H2. The van der Waals surface area contributed by atoms with Crippen LogP contribution in [0, 0.1) is 0 Å². The molecule has 0 fully saturated rings. The molecule has 0 radical (unpaired) electrons. The summed E-state index contributed by atoms with van der Waals surface area (Å²) in [5.41, 5.74) is 13.2. The van der Waals surface area contributed by atoms with Crippen LogP contribution in [-0.4, -0.2) is 30.6 Å². The van der Waals surface area contributed by atoms with Gasteiger partial charge in [-0.05, 0) is 67.4 Å². The minimum Gasteiger partial charge on any atom is -0.500 e. The molecule has 0 saturated carbocycles. The predicted molar refractivity (Wildman–Crippen MR) is 235 cm³/mol. The summed E-state index contributed by atoms with van der Waals surface area (Å²) in [6, 6.07) is 65.7. The molecule has 0 atom stereocenters.